The van der Waals surface area contributed by atoms with Crippen molar-refractivity contribution in [3.8, 4) is 28.3 Å². The number of nitrogens with zero attached hydrogens (tertiary/aromatic N) is 2. The maximum Gasteiger partial charge on any atom is 0.249 e. The van der Waals surface area contributed by atoms with Crippen LogP contribution in [0.25, 0.3) is 22.5 Å². The topological polar surface area (TPSA) is 77.7 Å². The van der Waals surface area contributed by atoms with E-state index in [1.165, 1.54) is 0 Å². The summed E-state index contributed by atoms with van der Waals surface area (Å²) in [6.07, 6.45) is 0.631. The van der Waals surface area contributed by atoms with Crippen LogP contribution in [-0.4, -0.2) is 55.2 Å². The molecule has 2 heterocycles. The average molecular weight is 415 g/mol. The van der Waals surface area contributed by atoms with Crippen LogP contribution in [0.4, 0.5) is 0 Å². The van der Waals surface area contributed by atoms with Crippen LogP contribution in [0.5, 0.6) is 5.75 Å². The zero-order valence-electron chi connectivity index (χ0n) is 17.3. The molecule has 31 heavy (non-hydrogen) atoms. The van der Waals surface area contributed by atoms with Gasteiger partial charge in [0, 0.05) is 42.7 Å². The molecule has 0 radical (unpaired) electrons. The van der Waals surface area contributed by atoms with E-state index in [4.69, 9.17) is 20.2 Å². The van der Waals surface area contributed by atoms with Crippen LogP contribution in [0, 0.1) is 0 Å². The molecule has 1 fully saturated rings. The average Bonchev–Trinajstić information content (AvgIpc) is 3.17. The second-order valence-corrected chi connectivity index (χ2v) is 7.91. The van der Waals surface area contributed by atoms with Crippen LogP contribution in [0.15, 0.2) is 54.6 Å². The summed E-state index contributed by atoms with van der Waals surface area (Å²) >= 11 is 0. The standard InChI is InChI=1S/C25H25N3O3/c26-25(29)22-16-23(17-4-2-1-3-5-17)27-24-20-7-6-19(14-18(20)15-21(22)24)31-13-10-28-8-11-30-12-9-28/h1-7,14,16H,8-13,15H2,(H2,26,29). The third kappa shape index (κ3) is 4.04. The Morgan fingerprint density at radius 2 is 1.90 bits per heavy atom. The summed E-state index contributed by atoms with van der Waals surface area (Å²) in [4.78, 5) is 19.5. The van der Waals surface area contributed by atoms with Gasteiger partial charge >= 0.3 is 0 Å². The summed E-state index contributed by atoms with van der Waals surface area (Å²) in [5.41, 5.74) is 11.9. The molecular formula is C25H25N3O3. The zero-order valence-corrected chi connectivity index (χ0v) is 17.3. The van der Waals surface area contributed by atoms with Crippen molar-refractivity contribution in [2.24, 2.45) is 5.73 Å². The number of aromatic nitrogens is 1. The smallest absolute Gasteiger partial charge is 0.249 e. The maximum atomic E-state index is 12.2. The van der Waals surface area contributed by atoms with Crippen molar-refractivity contribution in [1.29, 1.82) is 0 Å². The van der Waals surface area contributed by atoms with Crippen molar-refractivity contribution in [3.63, 3.8) is 0 Å². The minimum Gasteiger partial charge on any atom is -0.492 e. The Balaban J connectivity index is 1.39. The van der Waals surface area contributed by atoms with Crippen molar-refractivity contribution in [2.45, 2.75) is 6.42 Å². The molecule has 0 bridgehead atoms. The molecule has 0 saturated carbocycles. The first-order valence-corrected chi connectivity index (χ1v) is 10.6. The normalized spacial score (nSPS) is 15.4. The lowest BCUT2D eigenvalue weighted by Gasteiger charge is -2.26. The van der Waals surface area contributed by atoms with Crippen LogP contribution in [0.1, 0.15) is 21.5 Å². The number of ether oxygens (including phenoxy) is 2. The number of benzene rings is 2. The number of hydrogen-bond donors (Lipinski definition) is 1. The van der Waals surface area contributed by atoms with Gasteiger partial charge in [0.15, 0.2) is 0 Å². The molecule has 0 spiro atoms. The van der Waals surface area contributed by atoms with Crippen molar-refractivity contribution < 1.29 is 14.3 Å². The van der Waals surface area contributed by atoms with E-state index in [-0.39, 0.29) is 0 Å². The minimum absolute atomic E-state index is 0.425. The number of primary amides is 1. The number of hydrogen-bond acceptors (Lipinski definition) is 5. The highest BCUT2D eigenvalue weighted by atomic mass is 16.5. The number of carbonyl (C=O) groups excluding carboxylic acids is 1. The number of nitrogens with two attached hydrogens (primary N) is 1. The molecule has 3 aromatic rings. The third-order valence-electron chi connectivity index (χ3n) is 5.94. The maximum absolute atomic E-state index is 12.2. The van der Waals surface area contributed by atoms with E-state index in [1.54, 1.807) is 0 Å². The molecule has 2 aromatic carbocycles. The SMILES string of the molecule is NC(=O)c1cc(-c2ccccc2)nc2c1Cc1cc(OCCN3CCOCC3)ccc1-2. The molecule has 158 valence electrons. The molecule has 1 aromatic heterocycles. The van der Waals surface area contributed by atoms with Gasteiger partial charge in [-0.2, -0.15) is 0 Å². The fourth-order valence-electron chi connectivity index (χ4n) is 4.29. The van der Waals surface area contributed by atoms with E-state index >= 15 is 0 Å². The van der Waals surface area contributed by atoms with E-state index in [2.05, 4.69) is 11.0 Å². The number of carbonyl (C=O) groups is 1. The van der Waals surface area contributed by atoms with Gasteiger partial charge in [-0.15, -0.1) is 0 Å². The van der Waals surface area contributed by atoms with Crippen molar-refractivity contribution in [1.82, 2.24) is 9.88 Å². The van der Waals surface area contributed by atoms with Gasteiger partial charge in [0.25, 0.3) is 0 Å². The molecular weight excluding hydrogens is 390 g/mol. The highest BCUT2D eigenvalue weighted by molar-refractivity contribution is 5.98. The molecule has 5 rings (SSSR count). The Labute approximate surface area is 181 Å². The minimum atomic E-state index is -0.425. The number of amides is 1. The summed E-state index contributed by atoms with van der Waals surface area (Å²) < 4.78 is 11.4. The van der Waals surface area contributed by atoms with Crippen LogP contribution < -0.4 is 10.5 Å². The quantitative estimate of drug-likeness (QED) is 0.524. The second kappa shape index (κ2) is 8.49. The van der Waals surface area contributed by atoms with Gasteiger partial charge in [0.2, 0.25) is 5.91 Å². The number of pyridine rings is 1. The largest absolute Gasteiger partial charge is 0.492 e. The predicted molar refractivity (Wildman–Crippen MR) is 119 cm³/mol. The summed E-state index contributed by atoms with van der Waals surface area (Å²) in [5.74, 6) is 0.411. The van der Waals surface area contributed by atoms with E-state index in [1.807, 2.05) is 48.5 Å². The van der Waals surface area contributed by atoms with Gasteiger partial charge < -0.3 is 15.2 Å². The fraction of sp³-hybridized carbons (Fsp3) is 0.280. The highest BCUT2D eigenvalue weighted by Crippen LogP contribution is 2.40. The summed E-state index contributed by atoms with van der Waals surface area (Å²) in [5, 5.41) is 0. The molecule has 2 aliphatic rings. The Morgan fingerprint density at radius 1 is 1.10 bits per heavy atom. The first kappa shape index (κ1) is 19.7. The Kier molecular flexibility index (Phi) is 5.40. The van der Waals surface area contributed by atoms with Gasteiger partial charge in [0.1, 0.15) is 12.4 Å². The van der Waals surface area contributed by atoms with Crippen molar-refractivity contribution in [2.75, 3.05) is 39.5 Å². The number of morpholine rings is 1. The molecule has 0 unspecified atom stereocenters. The lowest BCUT2D eigenvalue weighted by molar-refractivity contribution is 0.0322. The molecule has 0 atom stereocenters. The molecule has 1 amide bonds. The molecule has 6 heteroatoms. The molecule has 1 aliphatic heterocycles. The summed E-state index contributed by atoms with van der Waals surface area (Å²) in [6.45, 7) is 5.00. The van der Waals surface area contributed by atoms with Gasteiger partial charge in [-0.25, -0.2) is 4.98 Å². The molecule has 1 aliphatic carbocycles. The lowest BCUT2D eigenvalue weighted by atomic mass is 10.0. The van der Waals surface area contributed by atoms with Crippen LogP contribution in [0.2, 0.25) is 0 Å². The van der Waals surface area contributed by atoms with Gasteiger partial charge in [-0.05, 0) is 35.4 Å². The van der Waals surface area contributed by atoms with Crippen molar-refractivity contribution in [3.05, 3.63) is 71.3 Å². The Morgan fingerprint density at radius 3 is 2.68 bits per heavy atom. The third-order valence-corrected chi connectivity index (χ3v) is 5.94. The van der Waals surface area contributed by atoms with E-state index in [9.17, 15) is 4.79 Å². The summed E-state index contributed by atoms with van der Waals surface area (Å²) in [6, 6.07) is 17.7. The monoisotopic (exact) mass is 415 g/mol. The van der Waals surface area contributed by atoms with E-state index in [0.29, 0.717) is 18.6 Å². The van der Waals surface area contributed by atoms with E-state index in [0.717, 1.165) is 72.2 Å². The molecule has 6 nitrogen and oxygen atoms in total. The first-order valence-electron chi connectivity index (χ1n) is 10.6. The lowest BCUT2D eigenvalue weighted by Crippen LogP contribution is -2.38. The van der Waals surface area contributed by atoms with Gasteiger partial charge in [-0.3, -0.25) is 9.69 Å². The first-order chi connectivity index (χ1) is 15.2. The molecule has 1 saturated heterocycles. The van der Waals surface area contributed by atoms with Crippen LogP contribution in [0.3, 0.4) is 0 Å². The van der Waals surface area contributed by atoms with Crippen LogP contribution >= 0.6 is 0 Å². The summed E-state index contributed by atoms with van der Waals surface area (Å²) in [7, 11) is 0. The van der Waals surface area contributed by atoms with Gasteiger partial charge in [-0.1, -0.05) is 30.3 Å². The van der Waals surface area contributed by atoms with E-state index < -0.39 is 5.91 Å². The predicted octanol–water partition coefficient (Wildman–Crippen LogP) is 3.13. The molecule has 2 N–H and O–H groups in total. The van der Waals surface area contributed by atoms with Crippen molar-refractivity contribution >= 4 is 5.91 Å². The Hall–Kier alpha value is -3.22. The highest BCUT2D eigenvalue weighted by Gasteiger charge is 2.26. The number of rotatable bonds is 6. The fourth-order valence-corrected chi connectivity index (χ4v) is 4.29. The number of fused-ring (bicyclic) bond motifs is 3. The van der Waals surface area contributed by atoms with Gasteiger partial charge in [0.05, 0.1) is 24.6 Å². The second-order valence-electron chi connectivity index (χ2n) is 7.91. The Bertz CT molecular complexity index is 1110. The zero-order chi connectivity index (χ0) is 21.2. The van der Waals surface area contributed by atoms with Crippen LogP contribution in [-0.2, 0) is 11.2 Å².